The highest BCUT2D eigenvalue weighted by molar-refractivity contribution is 5.90. The van der Waals surface area contributed by atoms with Crippen molar-refractivity contribution in [2.45, 2.75) is 65.1 Å². The summed E-state index contributed by atoms with van der Waals surface area (Å²) in [7, 11) is 0. The van der Waals surface area contributed by atoms with Gasteiger partial charge in [-0.1, -0.05) is 29.4 Å². The van der Waals surface area contributed by atoms with Gasteiger partial charge >= 0.3 is 12.0 Å². The van der Waals surface area contributed by atoms with E-state index in [0.29, 0.717) is 44.2 Å². The zero-order valence-corrected chi connectivity index (χ0v) is 22.6. The van der Waals surface area contributed by atoms with Crippen LogP contribution < -0.4 is 10.6 Å². The summed E-state index contributed by atoms with van der Waals surface area (Å²) in [6.45, 7) is 8.82. The van der Waals surface area contributed by atoms with Gasteiger partial charge in [0.05, 0.1) is 17.4 Å². The Hall–Kier alpha value is -4.21. The largest absolute Gasteiger partial charge is 0.478 e. The third-order valence-electron chi connectivity index (χ3n) is 7.14. The molecule has 2 aromatic carbocycles. The van der Waals surface area contributed by atoms with Crippen molar-refractivity contribution in [3.05, 3.63) is 70.4 Å². The van der Waals surface area contributed by atoms with Gasteiger partial charge in [0, 0.05) is 25.2 Å². The van der Waals surface area contributed by atoms with Crippen molar-refractivity contribution in [1.29, 1.82) is 0 Å². The molecule has 2 atom stereocenters. The summed E-state index contributed by atoms with van der Waals surface area (Å²) < 4.78 is 5.23. The predicted octanol–water partition coefficient (Wildman–Crippen LogP) is 4.03. The van der Waals surface area contributed by atoms with Gasteiger partial charge in [0.2, 0.25) is 11.8 Å². The first kappa shape index (κ1) is 26.4. The molecule has 1 saturated carbocycles. The number of carboxylic acids is 1. The highest BCUT2D eigenvalue weighted by Crippen LogP contribution is 2.46. The Kier molecular flexibility index (Phi) is 6.88. The minimum atomic E-state index is -0.982. The van der Waals surface area contributed by atoms with Gasteiger partial charge < -0.3 is 25.2 Å². The number of carboxylic acid groups (broad SMARTS) is 1. The fraction of sp³-hybridized carbons (Fsp3) is 0.414. The van der Waals surface area contributed by atoms with Crippen molar-refractivity contribution < 1.29 is 24.0 Å². The minimum Gasteiger partial charge on any atom is -0.478 e. The van der Waals surface area contributed by atoms with Gasteiger partial charge in [0.1, 0.15) is 0 Å². The molecule has 1 fully saturated rings. The number of aromatic carboxylic acids is 1. The molecule has 1 aliphatic heterocycles. The molecule has 2 heterocycles. The number of aromatic nitrogens is 2. The molecule has 0 bridgehead atoms. The molecule has 204 valence electrons. The van der Waals surface area contributed by atoms with Crippen LogP contribution in [0.15, 0.2) is 40.9 Å². The van der Waals surface area contributed by atoms with E-state index in [4.69, 9.17) is 4.52 Å². The number of carbonyl (C=O) groups is 3. The van der Waals surface area contributed by atoms with Gasteiger partial charge in [-0.2, -0.15) is 4.98 Å². The van der Waals surface area contributed by atoms with Crippen molar-refractivity contribution in [3.63, 3.8) is 0 Å². The summed E-state index contributed by atoms with van der Waals surface area (Å²) in [4.78, 5) is 43.5. The molecule has 1 aromatic heterocycles. The van der Waals surface area contributed by atoms with E-state index in [1.54, 1.807) is 30.0 Å². The summed E-state index contributed by atoms with van der Waals surface area (Å²) in [6, 6.07) is 10.7. The summed E-state index contributed by atoms with van der Waals surface area (Å²) in [5, 5.41) is 19.4. The Bertz CT molecular complexity index is 1440. The van der Waals surface area contributed by atoms with E-state index in [1.165, 1.54) is 0 Å². The molecule has 10 nitrogen and oxygen atoms in total. The number of hydrogen-bond donors (Lipinski definition) is 3. The van der Waals surface area contributed by atoms with E-state index >= 15 is 0 Å². The summed E-state index contributed by atoms with van der Waals surface area (Å²) in [5.74, 6) is -0.256. The lowest BCUT2D eigenvalue weighted by atomic mass is 9.87. The highest BCUT2D eigenvalue weighted by Gasteiger charge is 2.47. The maximum Gasteiger partial charge on any atom is 0.335 e. The standard InChI is InChI=1S/C29H33N5O5/c1-16-31-26(39-33-16)23-13-22(23)25(35)30-14-19-8-9-20(17-6-5-7-18(12-17)27(36)37)21-10-11-34(15-24(19)21)28(38)32-29(2,3)4/h5-9,12,22-23H,10-11,13-15H2,1-4H3,(H,30,35)(H,32,38)(H,36,37). The van der Waals surface area contributed by atoms with Crippen molar-refractivity contribution >= 4 is 17.9 Å². The van der Waals surface area contributed by atoms with Crippen LogP contribution in [0.2, 0.25) is 0 Å². The van der Waals surface area contributed by atoms with E-state index in [2.05, 4.69) is 20.8 Å². The summed E-state index contributed by atoms with van der Waals surface area (Å²) >= 11 is 0. The topological polar surface area (TPSA) is 138 Å². The van der Waals surface area contributed by atoms with Gasteiger partial charge in [0.15, 0.2) is 5.82 Å². The molecule has 3 N–H and O–H groups in total. The number of rotatable bonds is 6. The number of nitrogens with one attached hydrogen (secondary N) is 2. The van der Waals surface area contributed by atoms with E-state index in [-0.39, 0.29) is 34.9 Å². The molecule has 3 aromatic rings. The van der Waals surface area contributed by atoms with Crippen LogP contribution in [0.4, 0.5) is 4.79 Å². The maximum absolute atomic E-state index is 13.0. The second-order valence-corrected chi connectivity index (χ2v) is 11.3. The first-order valence-corrected chi connectivity index (χ1v) is 13.1. The van der Waals surface area contributed by atoms with Gasteiger partial charge in [-0.3, -0.25) is 4.79 Å². The smallest absolute Gasteiger partial charge is 0.335 e. The number of hydrogen-bond acceptors (Lipinski definition) is 6. The Labute approximate surface area is 226 Å². The van der Waals surface area contributed by atoms with E-state index in [0.717, 1.165) is 27.8 Å². The van der Waals surface area contributed by atoms with Crippen molar-refractivity contribution in [1.82, 2.24) is 25.7 Å². The van der Waals surface area contributed by atoms with Crippen LogP contribution in [0.25, 0.3) is 11.1 Å². The molecule has 0 saturated heterocycles. The highest BCUT2D eigenvalue weighted by atomic mass is 16.5. The molecule has 0 spiro atoms. The lowest BCUT2D eigenvalue weighted by Crippen LogP contribution is -2.50. The van der Waals surface area contributed by atoms with Crippen molar-refractivity contribution in [2.24, 2.45) is 5.92 Å². The van der Waals surface area contributed by atoms with E-state index in [9.17, 15) is 19.5 Å². The zero-order valence-electron chi connectivity index (χ0n) is 22.6. The van der Waals surface area contributed by atoms with E-state index in [1.807, 2.05) is 39.0 Å². The summed E-state index contributed by atoms with van der Waals surface area (Å²) in [6.07, 6.45) is 1.29. The van der Waals surface area contributed by atoms with Crippen LogP contribution in [0.3, 0.4) is 0 Å². The van der Waals surface area contributed by atoms with Crippen LogP contribution in [0, 0.1) is 12.8 Å². The Morgan fingerprint density at radius 2 is 1.95 bits per heavy atom. The van der Waals surface area contributed by atoms with Crippen LogP contribution in [0.1, 0.15) is 71.9 Å². The second kappa shape index (κ2) is 10.2. The van der Waals surface area contributed by atoms with Crippen LogP contribution in [-0.4, -0.2) is 50.1 Å². The fourth-order valence-corrected chi connectivity index (χ4v) is 5.10. The van der Waals surface area contributed by atoms with Gasteiger partial charge in [-0.05, 0) is 80.5 Å². The average molecular weight is 532 g/mol. The molecule has 39 heavy (non-hydrogen) atoms. The fourth-order valence-electron chi connectivity index (χ4n) is 5.10. The van der Waals surface area contributed by atoms with Crippen molar-refractivity contribution in [3.8, 4) is 11.1 Å². The first-order chi connectivity index (χ1) is 18.5. The number of benzene rings is 2. The molecule has 2 aliphatic rings. The number of fused-ring (bicyclic) bond motifs is 1. The monoisotopic (exact) mass is 531 g/mol. The Morgan fingerprint density at radius 1 is 1.15 bits per heavy atom. The molecule has 1 aliphatic carbocycles. The third-order valence-corrected chi connectivity index (χ3v) is 7.14. The zero-order chi connectivity index (χ0) is 27.9. The number of carbonyl (C=O) groups excluding carboxylic acids is 2. The second-order valence-electron chi connectivity index (χ2n) is 11.3. The number of nitrogens with zero attached hydrogens (tertiary/aromatic N) is 3. The molecular weight excluding hydrogens is 498 g/mol. The van der Waals surface area contributed by atoms with Gasteiger partial charge in [-0.15, -0.1) is 0 Å². The maximum atomic E-state index is 13.0. The lowest BCUT2D eigenvalue weighted by Gasteiger charge is -2.34. The Morgan fingerprint density at radius 3 is 2.64 bits per heavy atom. The summed E-state index contributed by atoms with van der Waals surface area (Å²) in [5.41, 5.74) is 4.56. The van der Waals surface area contributed by atoms with Gasteiger partial charge in [-0.25, -0.2) is 9.59 Å². The molecule has 0 radical (unpaired) electrons. The lowest BCUT2D eigenvalue weighted by molar-refractivity contribution is -0.122. The molecule has 2 unspecified atom stereocenters. The molecule has 3 amide bonds. The third kappa shape index (κ3) is 5.79. The average Bonchev–Trinajstić information content (AvgIpc) is 3.58. The minimum absolute atomic E-state index is 0.0550. The van der Waals surface area contributed by atoms with Crippen LogP contribution >= 0.6 is 0 Å². The predicted molar refractivity (Wildman–Crippen MR) is 143 cm³/mol. The number of urea groups is 1. The normalized spacial score (nSPS) is 18.3. The first-order valence-electron chi connectivity index (χ1n) is 13.1. The number of aryl methyl sites for hydroxylation is 1. The molecular formula is C29H33N5O5. The molecule has 10 heteroatoms. The van der Waals surface area contributed by atoms with Gasteiger partial charge in [0.25, 0.3) is 0 Å². The molecule has 5 rings (SSSR count). The quantitative estimate of drug-likeness (QED) is 0.437. The van der Waals surface area contributed by atoms with Crippen molar-refractivity contribution in [2.75, 3.05) is 6.54 Å². The SMILES string of the molecule is Cc1noc(C2CC2C(=O)NCc2ccc(-c3cccc(C(=O)O)c3)c3c2CN(C(=O)NC(C)(C)C)CC3)n1. The van der Waals surface area contributed by atoms with Crippen LogP contribution in [-0.2, 0) is 24.3 Å². The van der Waals surface area contributed by atoms with Crippen LogP contribution in [0.5, 0.6) is 0 Å². The Balaban J connectivity index is 1.40. The van der Waals surface area contributed by atoms with E-state index < -0.39 is 5.97 Å². The number of amides is 3.